The molecule has 110 valence electrons. The number of piperazine rings is 1. The van der Waals surface area contributed by atoms with Gasteiger partial charge in [0.15, 0.2) is 0 Å². The Bertz CT molecular complexity index is 594. The summed E-state index contributed by atoms with van der Waals surface area (Å²) < 4.78 is 29.0. The van der Waals surface area contributed by atoms with Gasteiger partial charge in [0.2, 0.25) is 0 Å². The molecule has 1 fully saturated rings. The van der Waals surface area contributed by atoms with Crippen LogP contribution in [0.25, 0.3) is 0 Å². The lowest BCUT2D eigenvalue weighted by Gasteiger charge is -2.37. The first-order valence-corrected chi connectivity index (χ1v) is 8.57. The quantitative estimate of drug-likeness (QED) is 0.882. The molecule has 2 aliphatic heterocycles. The van der Waals surface area contributed by atoms with E-state index in [1.54, 1.807) is 8.61 Å². The van der Waals surface area contributed by atoms with Gasteiger partial charge >= 0.3 is 10.2 Å². The van der Waals surface area contributed by atoms with Crippen molar-refractivity contribution < 1.29 is 8.42 Å². The molecule has 0 saturated carbocycles. The minimum Gasteiger partial charge on any atom is -0.314 e. The van der Waals surface area contributed by atoms with Crippen LogP contribution in [-0.4, -0.2) is 45.4 Å². The number of nitrogens with zero attached hydrogens (tertiary/aromatic N) is 2. The van der Waals surface area contributed by atoms with E-state index in [9.17, 15) is 8.42 Å². The molecule has 0 atom stereocenters. The van der Waals surface area contributed by atoms with Crippen molar-refractivity contribution in [3.8, 4) is 0 Å². The maximum absolute atomic E-state index is 12.9. The van der Waals surface area contributed by atoms with E-state index >= 15 is 0 Å². The third kappa shape index (κ3) is 2.32. The van der Waals surface area contributed by atoms with Crippen LogP contribution in [0, 0.1) is 6.92 Å². The number of hydrogen-bond donors (Lipinski definition) is 1. The summed E-state index contributed by atoms with van der Waals surface area (Å²) in [7, 11) is -3.39. The number of rotatable bonds is 2. The van der Waals surface area contributed by atoms with E-state index in [1.165, 1.54) is 0 Å². The summed E-state index contributed by atoms with van der Waals surface area (Å²) in [6.07, 6.45) is 1.85. The Labute approximate surface area is 120 Å². The Hall–Kier alpha value is -1.11. The SMILES string of the molecule is Cc1cccc2c1N(S(=O)(=O)N1CCNCC1)CCC2. The Morgan fingerprint density at radius 2 is 1.90 bits per heavy atom. The van der Waals surface area contributed by atoms with Gasteiger partial charge in [-0.15, -0.1) is 0 Å². The van der Waals surface area contributed by atoms with Gasteiger partial charge in [-0.2, -0.15) is 12.7 Å². The molecule has 6 heteroatoms. The molecule has 2 heterocycles. The van der Waals surface area contributed by atoms with E-state index in [-0.39, 0.29) is 0 Å². The monoisotopic (exact) mass is 295 g/mol. The van der Waals surface area contributed by atoms with Crippen molar-refractivity contribution >= 4 is 15.9 Å². The number of benzene rings is 1. The number of para-hydroxylation sites is 1. The van der Waals surface area contributed by atoms with Gasteiger partial charge in [-0.1, -0.05) is 18.2 Å². The van der Waals surface area contributed by atoms with Crippen molar-refractivity contribution in [2.75, 3.05) is 37.0 Å². The number of nitrogens with one attached hydrogen (secondary N) is 1. The van der Waals surface area contributed by atoms with Crippen LogP contribution in [0.15, 0.2) is 18.2 Å². The van der Waals surface area contributed by atoms with E-state index in [4.69, 9.17) is 0 Å². The van der Waals surface area contributed by atoms with Gasteiger partial charge in [0, 0.05) is 32.7 Å². The topological polar surface area (TPSA) is 52.7 Å². The smallest absolute Gasteiger partial charge is 0.304 e. The second kappa shape index (κ2) is 5.35. The van der Waals surface area contributed by atoms with E-state index in [2.05, 4.69) is 5.32 Å². The fourth-order valence-corrected chi connectivity index (χ4v) is 4.82. The zero-order valence-corrected chi connectivity index (χ0v) is 12.6. The Morgan fingerprint density at radius 1 is 1.15 bits per heavy atom. The molecule has 0 spiro atoms. The molecule has 0 aliphatic carbocycles. The average Bonchev–Trinajstić information content (AvgIpc) is 2.48. The van der Waals surface area contributed by atoms with Gasteiger partial charge in [-0.05, 0) is 30.9 Å². The van der Waals surface area contributed by atoms with Crippen molar-refractivity contribution in [2.45, 2.75) is 19.8 Å². The molecule has 1 N–H and O–H groups in total. The molecule has 1 saturated heterocycles. The second-order valence-electron chi connectivity index (χ2n) is 5.42. The summed E-state index contributed by atoms with van der Waals surface area (Å²) in [5.74, 6) is 0. The zero-order valence-electron chi connectivity index (χ0n) is 11.8. The third-order valence-corrected chi connectivity index (χ3v) is 6.00. The first-order chi connectivity index (χ1) is 9.60. The molecule has 0 bridgehead atoms. The minimum absolute atomic E-state index is 0.556. The van der Waals surface area contributed by atoms with Gasteiger partial charge in [0.1, 0.15) is 0 Å². The highest BCUT2D eigenvalue weighted by Gasteiger charge is 2.34. The molecule has 5 nitrogen and oxygen atoms in total. The van der Waals surface area contributed by atoms with Crippen LogP contribution in [-0.2, 0) is 16.6 Å². The van der Waals surface area contributed by atoms with Gasteiger partial charge < -0.3 is 5.32 Å². The number of hydrogen-bond acceptors (Lipinski definition) is 3. The highest BCUT2D eigenvalue weighted by atomic mass is 32.2. The van der Waals surface area contributed by atoms with Crippen molar-refractivity contribution in [3.63, 3.8) is 0 Å². The Morgan fingerprint density at radius 3 is 2.65 bits per heavy atom. The standard InChI is InChI=1S/C14H21N3O2S/c1-12-4-2-5-13-6-3-9-17(14(12)13)20(18,19)16-10-7-15-8-11-16/h2,4-5,15H,3,6-11H2,1H3. The van der Waals surface area contributed by atoms with Crippen molar-refractivity contribution in [1.82, 2.24) is 9.62 Å². The van der Waals surface area contributed by atoms with Crippen LogP contribution in [0.1, 0.15) is 17.5 Å². The van der Waals surface area contributed by atoms with Gasteiger partial charge in [0.05, 0.1) is 5.69 Å². The highest BCUT2D eigenvalue weighted by Crippen LogP contribution is 2.33. The fourth-order valence-electron chi connectivity index (χ4n) is 3.05. The van der Waals surface area contributed by atoms with Crippen LogP contribution in [0.4, 0.5) is 5.69 Å². The maximum Gasteiger partial charge on any atom is 0.304 e. The largest absolute Gasteiger partial charge is 0.314 e. The molecule has 1 aromatic carbocycles. The van der Waals surface area contributed by atoms with Gasteiger partial charge in [-0.25, -0.2) is 0 Å². The van der Waals surface area contributed by atoms with E-state index < -0.39 is 10.2 Å². The van der Waals surface area contributed by atoms with Gasteiger partial charge in [0.25, 0.3) is 0 Å². The lowest BCUT2D eigenvalue weighted by atomic mass is 10.0. The second-order valence-corrected chi connectivity index (χ2v) is 7.27. The number of aryl methyl sites for hydroxylation is 2. The fraction of sp³-hybridized carbons (Fsp3) is 0.571. The summed E-state index contributed by atoms with van der Waals surface area (Å²) in [6, 6.07) is 6.04. The Kier molecular flexibility index (Phi) is 3.70. The van der Waals surface area contributed by atoms with Crippen LogP contribution >= 0.6 is 0 Å². The van der Waals surface area contributed by atoms with E-state index in [1.807, 2.05) is 25.1 Å². The summed E-state index contributed by atoms with van der Waals surface area (Å²) in [6.45, 7) is 5.15. The van der Waals surface area contributed by atoms with Crippen molar-refractivity contribution in [3.05, 3.63) is 29.3 Å². The third-order valence-electron chi connectivity index (χ3n) is 4.06. The molecular weight excluding hydrogens is 274 g/mol. The molecule has 3 rings (SSSR count). The normalized spacial score (nSPS) is 20.8. The van der Waals surface area contributed by atoms with Crippen molar-refractivity contribution in [1.29, 1.82) is 0 Å². The molecule has 0 unspecified atom stereocenters. The lowest BCUT2D eigenvalue weighted by Crippen LogP contribution is -2.53. The minimum atomic E-state index is -3.39. The molecular formula is C14H21N3O2S. The molecule has 0 amide bonds. The molecule has 1 aromatic rings. The summed E-state index contributed by atoms with van der Waals surface area (Å²) in [5.41, 5.74) is 3.09. The van der Waals surface area contributed by atoms with Crippen LogP contribution in [0.3, 0.4) is 0 Å². The van der Waals surface area contributed by atoms with Crippen LogP contribution in [0.2, 0.25) is 0 Å². The summed E-state index contributed by atoms with van der Waals surface area (Å²) >= 11 is 0. The van der Waals surface area contributed by atoms with Crippen molar-refractivity contribution in [2.24, 2.45) is 0 Å². The molecule has 0 radical (unpaired) electrons. The maximum atomic E-state index is 12.9. The number of fused-ring (bicyclic) bond motifs is 1. The molecule has 0 aromatic heterocycles. The molecule has 2 aliphatic rings. The van der Waals surface area contributed by atoms with Crippen LogP contribution < -0.4 is 9.62 Å². The highest BCUT2D eigenvalue weighted by molar-refractivity contribution is 7.90. The molecule has 20 heavy (non-hydrogen) atoms. The first-order valence-electron chi connectivity index (χ1n) is 7.18. The summed E-state index contributed by atoms with van der Waals surface area (Å²) in [4.78, 5) is 0. The Balaban J connectivity index is 1.99. The summed E-state index contributed by atoms with van der Waals surface area (Å²) in [5, 5.41) is 3.20. The number of anilines is 1. The predicted molar refractivity (Wildman–Crippen MR) is 80.2 cm³/mol. The van der Waals surface area contributed by atoms with Crippen LogP contribution in [0.5, 0.6) is 0 Å². The zero-order chi connectivity index (χ0) is 14.2. The lowest BCUT2D eigenvalue weighted by molar-refractivity contribution is 0.358. The van der Waals surface area contributed by atoms with E-state index in [0.29, 0.717) is 19.6 Å². The predicted octanol–water partition coefficient (Wildman–Crippen LogP) is 0.898. The average molecular weight is 295 g/mol. The first kappa shape index (κ1) is 13.9. The van der Waals surface area contributed by atoms with E-state index in [0.717, 1.165) is 42.7 Å². The van der Waals surface area contributed by atoms with Gasteiger partial charge in [-0.3, -0.25) is 4.31 Å².